The van der Waals surface area contributed by atoms with Gasteiger partial charge in [0.05, 0.1) is 6.54 Å². The molecule has 7 nitrogen and oxygen atoms in total. The number of hydrogen-bond acceptors (Lipinski definition) is 4. The standard InChI is InChI=1S/C27H25N3O4/c1-4-21-29-24-16(2)14-17(3)28-25(24)30(21)15-18-10-12-20(13-11-18)22(19-8-6-5-7-9-19)23(26(31)32)27(33)34/h5-14H,4,15H2,1-3H3,(H,31,32)(H,33,34). The largest absolute Gasteiger partial charge is 0.477 e. The van der Waals surface area contributed by atoms with Gasteiger partial charge in [0.15, 0.2) is 11.2 Å². The molecule has 0 radical (unpaired) electrons. The quantitative estimate of drug-likeness (QED) is 0.239. The predicted molar refractivity (Wildman–Crippen MR) is 130 cm³/mol. The van der Waals surface area contributed by atoms with Crippen LogP contribution < -0.4 is 0 Å². The Labute approximate surface area is 197 Å². The lowest BCUT2D eigenvalue weighted by molar-refractivity contribution is -0.140. The number of benzene rings is 2. The average Bonchev–Trinajstić information content (AvgIpc) is 3.15. The summed E-state index contributed by atoms with van der Waals surface area (Å²) in [7, 11) is 0. The Morgan fingerprint density at radius 2 is 1.50 bits per heavy atom. The molecule has 34 heavy (non-hydrogen) atoms. The first-order valence-corrected chi connectivity index (χ1v) is 11.0. The Morgan fingerprint density at radius 1 is 0.882 bits per heavy atom. The van der Waals surface area contributed by atoms with Crippen LogP contribution in [0.15, 0.2) is 66.2 Å². The summed E-state index contributed by atoms with van der Waals surface area (Å²) in [5.41, 5.74) is 5.26. The van der Waals surface area contributed by atoms with Crippen LogP contribution in [0.5, 0.6) is 0 Å². The molecule has 0 amide bonds. The van der Waals surface area contributed by atoms with Gasteiger partial charge in [-0.3, -0.25) is 0 Å². The van der Waals surface area contributed by atoms with Crippen molar-refractivity contribution in [2.24, 2.45) is 0 Å². The molecule has 172 valence electrons. The number of aromatic nitrogens is 3. The minimum atomic E-state index is -1.48. The topological polar surface area (TPSA) is 105 Å². The number of aryl methyl sites for hydroxylation is 3. The number of rotatable bonds is 7. The molecule has 0 aliphatic rings. The van der Waals surface area contributed by atoms with E-state index >= 15 is 0 Å². The van der Waals surface area contributed by atoms with Gasteiger partial charge in [0.2, 0.25) is 0 Å². The second-order valence-corrected chi connectivity index (χ2v) is 8.14. The lowest BCUT2D eigenvalue weighted by Gasteiger charge is -2.13. The molecule has 0 saturated carbocycles. The molecule has 2 heterocycles. The molecule has 4 aromatic rings. The Kier molecular flexibility index (Phi) is 6.27. The smallest absolute Gasteiger partial charge is 0.343 e. The SMILES string of the molecule is CCc1nc2c(C)cc(C)nc2n1Cc1ccc(C(=C(C(=O)O)C(=O)O)c2ccccc2)cc1. The third kappa shape index (κ3) is 4.32. The number of carbonyl (C=O) groups is 2. The number of pyridine rings is 1. The monoisotopic (exact) mass is 455 g/mol. The molecule has 0 fully saturated rings. The summed E-state index contributed by atoms with van der Waals surface area (Å²) in [6, 6.07) is 18.0. The van der Waals surface area contributed by atoms with Crippen LogP contribution in [-0.4, -0.2) is 36.7 Å². The number of carboxylic acids is 2. The van der Waals surface area contributed by atoms with Gasteiger partial charge >= 0.3 is 11.9 Å². The van der Waals surface area contributed by atoms with Crippen molar-refractivity contribution < 1.29 is 19.8 Å². The van der Waals surface area contributed by atoms with Crippen molar-refractivity contribution in [2.75, 3.05) is 0 Å². The summed E-state index contributed by atoms with van der Waals surface area (Å²) < 4.78 is 2.10. The fourth-order valence-electron chi connectivity index (χ4n) is 4.21. The highest BCUT2D eigenvalue weighted by Crippen LogP contribution is 2.28. The van der Waals surface area contributed by atoms with Gasteiger partial charge in [0.1, 0.15) is 11.3 Å². The van der Waals surface area contributed by atoms with Gasteiger partial charge in [-0.25, -0.2) is 19.6 Å². The van der Waals surface area contributed by atoms with Crippen LogP contribution in [0.2, 0.25) is 0 Å². The van der Waals surface area contributed by atoms with Crippen LogP contribution in [0.25, 0.3) is 16.7 Å². The van der Waals surface area contributed by atoms with E-state index < -0.39 is 17.5 Å². The first-order chi connectivity index (χ1) is 16.3. The number of nitrogens with zero attached hydrogens (tertiary/aromatic N) is 3. The molecule has 0 unspecified atom stereocenters. The minimum Gasteiger partial charge on any atom is -0.477 e. The van der Waals surface area contributed by atoms with Crippen molar-refractivity contribution in [1.82, 2.24) is 14.5 Å². The van der Waals surface area contributed by atoms with Crippen LogP contribution in [0, 0.1) is 13.8 Å². The summed E-state index contributed by atoms with van der Waals surface area (Å²) >= 11 is 0. The van der Waals surface area contributed by atoms with Crippen molar-refractivity contribution in [2.45, 2.75) is 33.7 Å². The first kappa shape index (κ1) is 22.9. The molecule has 0 aliphatic carbocycles. The number of hydrogen-bond donors (Lipinski definition) is 2. The summed E-state index contributed by atoms with van der Waals surface area (Å²) in [5, 5.41) is 19.2. The maximum Gasteiger partial charge on any atom is 0.343 e. The molecule has 0 saturated heterocycles. The van der Waals surface area contributed by atoms with E-state index in [1.54, 1.807) is 42.5 Å². The molecule has 2 N–H and O–H groups in total. The molecule has 0 atom stereocenters. The Bertz CT molecular complexity index is 1400. The van der Waals surface area contributed by atoms with Crippen molar-refractivity contribution in [1.29, 1.82) is 0 Å². The zero-order chi connectivity index (χ0) is 24.4. The molecule has 2 aromatic carbocycles. The van der Waals surface area contributed by atoms with E-state index in [4.69, 9.17) is 9.97 Å². The number of fused-ring (bicyclic) bond motifs is 1. The van der Waals surface area contributed by atoms with Gasteiger partial charge in [-0.2, -0.15) is 0 Å². The molecular formula is C27H25N3O4. The third-order valence-corrected chi connectivity index (χ3v) is 5.74. The van der Waals surface area contributed by atoms with E-state index in [9.17, 15) is 19.8 Å². The lowest BCUT2D eigenvalue weighted by Crippen LogP contribution is -2.14. The van der Waals surface area contributed by atoms with Gasteiger partial charge in [-0.15, -0.1) is 0 Å². The van der Waals surface area contributed by atoms with Gasteiger partial charge in [0.25, 0.3) is 0 Å². The van der Waals surface area contributed by atoms with Crippen LogP contribution in [0.1, 0.15) is 40.7 Å². The molecule has 0 bridgehead atoms. The molecule has 0 spiro atoms. The summed E-state index contributed by atoms with van der Waals surface area (Å²) in [6.07, 6.45) is 0.758. The lowest BCUT2D eigenvalue weighted by atomic mass is 9.92. The number of carboxylic acid groups (broad SMARTS) is 2. The second-order valence-electron chi connectivity index (χ2n) is 8.14. The van der Waals surface area contributed by atoms with E-state index in [1.165, 1.54) is 0 Å². The van der Waals surface area contributed by atoms with Gasteiger partial charge in [-0.1, -0.05) is 61.5 Å². The Balaban J connectivity index is 1.78. The zero-order valence-electron chi connectivity index (χ0n) is 19.2. The summed E-state index contributed by atoms with van der Waals surface area (Å²) in [5.74, 6) is -2.03. The highest BCUT2D eigenvalue weighted by Gasteiger charge is 2.24. The van der Waals surface area contributed by atoms with E-state index in [0.29, 0.717) is 17.7 Å². The first-order valence-electron chi connectivity index (χ1n) is 11.0. The highest BCUT2D eigenvalue weighted by atomic mass is 16.4. The van der Waals surface area contributed by atoms with Crippen molar-refractivity contribution in [3.05, 3.63) is 100 Å². The van der Waals surface area contributed by atoms with Gasteiger partial charge in [-0.05, 0) is 42.2 Å². The van der Waals surface area contributed by atoms with Gasteiger partial charge < -0.3 is 14.8 Å². The molecule has 2 aromatic heterocycles. The van der Waals surface area contributed by atoms with Gasteiger partial charge in [0, 0.05) is 17.7 Å². The second kappa shape index (κ2) is 9.31. The minimum absolute atomic E-state index is 0.169. The van der Waals surface area contributed by atoms with Crippen LogP contribution in [0.3, 0.4) is 0 Å². The normalized spacial score (nSPS) is 10.9. The number of imidazole rings is 1. The Morgan fingerprint density at radius 3 is 2.09 bits per heavy atom. The highest BCUT2D eigenvalue weighted by molar-refractivity contribution is 6.20. The molecule has 4 rings (SSSR count). The van der Waals surface area contributed by atoms with Crippen LogP contribution in [-0.2, 0) is 22.6 Å². The van der Waals surface area contributed by atoms with E-state index in [0.717, 1.165) is 40.2 Å². The predicted octanol–water partition coefficient (Wildman–Crippen LogP) is 4.63. The third-order valence-electron chi connectivity index (χ3n) is 5.74. The van der Waals surface area contributed by atoms with Crippen molar-refractivity contribution >= 4 is 28.7 Å². The Hall–Kier alpha value is -4.26. The summed E-state index contributed by atoms with van der Waals surface area (Å²) in [6.45, 7) is 6.59. The average molecular weight is 456 g/mol. The van der Waals surface area contributed by atoms with Crippen LogP contribution >= 0.6 is 0 Å². The zero-order valence-corrected chi connectivity index (χ0v) is 19.2. The van der Waals surface area contributed by atoms with E-state index in [-0.39, 0.29) is 5.57 Å². The van der Waals surface area contributed by atoms with E-state index in [2.05, 4.69) is 11.5 Å². The van der Waals surface area contributed by atoms with Crippen LogP contribution in [0.4, 0.5) is 0 Å². The van der Waals surface area contributed by atoms with E-state index in [1.807, 2.05) is 32.0 Å². The maximum atomic E-state index is 11.8. The number of aliphatic carboxylic acids is 2. The molecule has 0 aliphatic heterocycles. The summed E-state index contributed by atoms with van der Waals surface area (Å²) in [4.78, 5) is 33.1. The fourth-order valence-corrected chi connectivity index (χ4v) is 4.21. The fraction of sp³-hybridized carbons (Fsp3) is 0.185. The van der Waals surface area contributed by atoms with Crippen molar-refractivity contribution in [3.8, 4) is 0 Å². The molecule has 7 heteroatoms. The van der Waals surface area contributed by atoms with Crippen molar-refractivity contribution in [3.63, 3.8) is 0 Å². The maximum absolute atomic E-state index is 11.8. The molecular weight excluding hydrogens is 430 g/mol.